The molecule has 0 aromatic rings. The van der Waals surface area contributed by atoms with Crippen LogP contribution < -0.4 is 16.1 Å². The average Bonchev–Trinajstić information content (AvgIpc) is 3.22. The van der Waals surface area contributed by atoms with E-state index in [0.29, 0.717) is 0 Å². The summed E-state index contributed by atoms with van der Waals surface area (Å²) in [7, 11) is 7.06. The molecule has 15 atom stereocenters. The summed E-state index contributed by atoms with van der Waals surface area (Å²) in [6.07, 6.45) is -4.36. The van der Waals surface area contributed by atoms with Crippen molar-refractivity contribution in [1.82, 2.24) is 16.1 Å². The topological polar surface area (TPSA) is 225 Å². The van der Waals surface area contributed by atoms with Crippen molar-refractivity contribution in [3.8, 4) is 23.7 Å². The number of amides is 1. The van der Waals surface area contributed by atoms with Gasteiger partial charge in [-0.25, -0.2) is 4.79 Å². The second-order valence-electron chi connectivity index (χ2n) is 15.0. The van der Waals surface area contributed by atoms with E-state index in [0.717, 1.165) is 7.11 Å². The average molecular weight is 932 g/mol. The maximum absolute atomic E-state index is 14.0. The molecule has 3 saturated heterocycles. The number of thioether (sulfide) groups is 1. The number of carbonyl (C=O) groups excluding carboxylic acids is 2. The molecule has 3 fully saturated rings. The Labute approximate surface area is 372 Å². The lowest BCUT2D eigenvalue weighted by molar-refractivity contribution is -0.336. The predicted molar refractivity (Wildman–Crippen MR) is 232 cm³/mol. The minimum Gasteiger partial charge on any atom is -0.453 e. The van der Waals surface area contributed by atoms with Crippen molar-refractivity contribution >= 4 is 55.1 Å². The number of alkyl carbamates (subject to hydrolysis) is 1. The minimum absolute atomic E-state index is 0.0491. The van der Waals surface area contributed by atoms with Crippen molar-refractivity contribution in [2.24, 2.45) is 0 Å². The molecule has 3 aliphatic heterocycles. The highest BCUT2D eigenvalue weighted by atomic mass is 33.5. The van der Waals surface area contributed by atoms with E-state index in [9.17, 15) is 30.0 Å². The van der Waals surface area contributed by atoms with Crippen molar-refractivity contribution in [3.63, 3.8) is 0 Å². The Hall–Kier alpha value is -1.84. The van der Waals surface area contributed by atoms with Crippen LogP contribution in [-0.4, -0.2) is 168 Å². The number of methoxy groups -OCH3 is 2. The first-order chi connectivity index (χ1) is 29.2. The molecule has 0 aromatic carbocycles. The molecule has 7 N–H and O–H groups in total. The van der Waals surface area contributed by atoms with Gasteiger partial charge in [0.1, 0.15) is 18.3 Å². The summed E-state index contributed by atoms with van der Waals surface area (Å²) < 4.78 is 42.5. The van der Waals surface area contributed by atoms with Crippen molar-refractivity contribution in [1.29, 1.82) is 0 Å². The maximum Gasteiger partial charge on any atom is 0.411 e. The highest BCUT2D eigenvalue weighted by molar-refractivity contribution is 9.09. The second kappa shape index (κ2) is 23.4. The van der Waals surface area contributed by atoms with E-state index in [-0.39, 0.29) is 65.9 Å². The molecule has 5 rings (SSSR count). The smallest absolute Gasteiger partial charge is 0.411 e. The fourth-order valence-electron chi connectivity index (χ4n) is 7.65. The fourth-order valence-corrected chi connectivity index (χ4v) is 10.9. The number of ether oxygens (including phenoxy) is 7. The number of ketones is 1. The molecule has 21 heteroatoms. The first-order valence-corrected chi connectivity index (χ1v) is 25.1. The van der Waals surface area contributed by atoms with Crippen molar-refractivity contribution in [3.05, 3.63) is 35.1 Å². The van der Waals surface area contributed by atoms with Gasteiger partial charge in [-0.3, -0.25) is 14.9 Å². The number of hydrogen-bond acceptors (Lipinski definition) is 20. The van der Waals surface area contributed by atoms with Gasteiger partial charge in [-0.15, -0.1) is 0 Å². The molecule has 0 aromatic heterocycles. The number of aliphatic hydroxyl groups excluding tert-OH is 3. The third-order valence-corrected chi connectivity index (χ3v) is 15.5. The lowest BCUT2D eigenvalue weighted by Crippen LogP contribution is -2.65. The van der Waals surface area contributed by atoms with Crippen LogP contribution in [-0.2, 0) is 42.8 Å². The van der Waals surface area contributed by atoms with E-state index < -0.39 is 84.7 Å². The number of allylic oxidation sites excluding steroid dienone is 2. The highest BCUT2D eigenvalue weighted by Gasteiger charge is 2.54. The second-order valence-corrected chi connectivity index (χ2v) is 20.4. The number of hydrogen-bond donors (Lipinski definition) is 7. The van der Waals surface area contributed by atoms with Gasteiger partial charge >= 0.3 is 6.09 Å². The molecule has 340 valence electrons. The lowest BCUT2D eigenvalue weighted by Gasteiger charge is -2.47. The van der Waals surface area contributed by atoms with Gasteiger partial charge in [0.15, 0.2) is 30.6 Å². The van der Waals surface area contributed by atoms with Gasteiger partial charge in [0, 0.05) is 42.9 Å². The van der Waals surface area contributed by atoms with Gasteiger partial charge in [-0.05, 0) is 48.3 Å². The zero-order valence-corrected chi connectivity index (χ0v) is 38.5. The summed E-state index contributed by atoms with van der Waals surface area (Å²) >= 11 is 1.50. The zero-order chi connectivity index (χ0) is 44.4. The van der Waals surface area contributed by atoms with Gasteiger partial charge in [0.2, 0.25) is 5.78 Å². The molecule has 61 heavy (non-hydrogen) atoms. The van der Waals surface area contributed by atoms with Crippen molar-refractivity contribution in [2.45, 2.75) is 137 Å². The fraction of sp³-hybridized carbons (Fsp3) is 0.700. The lowest BCUT2D eigenvalue weighted by atomic mass is 9.73. The molecule has 1 amide bonds. The number of Topliss-reactive ketones (excluding diaryl/α,β-unsaturated/α-hetero) is 1. The van der Waals surface area contributed by atoms with Crippen LogP contribution in [0.3, 0.4) is 0 Å². The van der Waals surface area contributed by atoms with Crippen LogP contribution in [0.5, 0.6) is 0 Å². The molecule has 0 spiro atoms. The quantitative estimate of drug-likeness (QED) is 0.0505. The molecular formula is C40H57N3O14S4. The number of aliphatic hydroxyl groups is 4. The normalized spacial score (nSPS) is 38.9. The summed E-state index contributed by atoms with van der Waals surface area (Å²) in [6, 6.07) is -0.964. The molecule has 0 radical (unpaired) electrons. The van der Waals surface area contributed by atoms with Crippen LogP contribution in [0, 0.1) is 23.7 Å². The molecule has 5 aliphatic rings. The third kappa shape index (κ3) is 12.3. The van der Waals surface area contributed by atoms with Gasteiger partial charge in [0.05, 0.1) is 61.2 Å². The maximum atomic E-state index is 14.0. The molecular weight excluding hydrogens is 875 g/mol. The Morgan fingerprint density at radius 1 is 1.07 bits per heavy atom. The summed E-state index contributed by atoms with van der Waals surface area (Å²) in [5.74, 6) is 10.3. The summed E-state index contributed by atoms with van der Waals surface area (Å²) in [6.45, 7) is 7.77. The van der Waals surface area contributed by atoms with Gasteiger partial charge < -0.3 is 58.9 Å². The Kier molecular flexibility index (Phi) is 19.2. The Bertz CT molecular complexity index is 1740. The van der Waals surface area contributed by atoms with Crippen LogP contribution in [0.1, 0.15) is 40.5 Å². The molecule has 3 heterocycles. The van der Waals surface area contributed by atoms with Gasteiger partial charge in [0.25, 0.3) is 0 Å². The zero-order valence-electron chi connectivity index (χ0n) is 35.2. The summed E-state index contributed by atoms with van der Waals surface area (Å²) in [5.41, 5.74) is -0.201. The van der Waals surface area contributed by atoms with E-state index in [4.69, 9.17) is 38.0 Å². The predicted octanol–water partition coefficient (Wildman–Crippen LogP) is 1.55. The van der Waals surface area contributed by atoms with Crippen LogP contribution >= 0.6 is 43.2 Å². The van der Waals surface area contributed by atoms with Crippen LogP contribution in [0.2, 0.25) is 0 Å². The number of fused-ring (bicyclic) bond motifs is 2. The van der Waals surface area contributed by atoms with E-state index in [2.05, 4.69) is 39.8 Å². The van der Waals surface area contributed by atoms with Crippen LogP contribution in [0.4, 0.5) is 4.79 Å². The number of carbonyl (C=O) groups is 2. The summed E-state index contributed by atoms with van der Waals surface area (Å²) in [5, 5.41) is 52.2. The van der Waals surface area contributed by atoms with E-state index >= 15 is 0 Å². The molecule has 1 unspecified atom stereocenters. The number of hydroxylamine groups is 1. The monoisotopic (exact) mass is 931 g/mol. The van der Waals surface area contributed by atoms with Gasteiger partial charge in [-0.1, -0.05) is 65.2 Å². The van der Waals surface area contributed by atoms with E-state index in [1.165, 1.54) is 55.3 Å². The van der Waals surface area contributed by atoms with Crippen molar-refractivity contribution < 1.29 is 68.0 Å². The SMILES string of the molecule is COC(=O)NC1=C2/C(=C\CSSSC)C(O)(C#C/C=C\C#C[C@@H]2O[C@@H]2O[C@H](C)[C@@H](NO[C@H]3C[C@H](O)[C@H](SC)[C@@H](C)O3)[C@H](O)[C@H]2O[C@H]2C[C@H](OC)[C@@H](NC(C)C)CO2)[C@H](O)C1=O. The van der Waals surface area contributed by atoms with Crippen LogP contribution in [0.25, 0.3) is 0 Å². The highest BCUT2D eigenvalue weighted by Crippen LogP contribution is 2.41. The minimum atomic E-state index is -2.47. The van der Waals surface area contributed by atoms with E-state index in [1.54, 1.807) is 20.1 Å². The molecule has 2 bridgehead atoms. The van der Waals surface area contributed by atoms with Crippen LogP contribution in [0.15, 0.2) is 35.1 Å². The first kappa shape index (κ1) is 50.2. The Morgan fingerprint density at radius 2 is 1.82 bits per heavy atom. The van der Waals surface area contributed by atoms with Gasteiger partial charge in [-0.2, -0.15) is 17.2 Å². The first-order valence-electron chi connectivity index (χ1n) is 19.7. The van der Waals surface area contributed by atoms with E-state index in [1.807, 2.05) is 33.3 Å². The Morgan fingerprint density at radius 3 is 2.49 bits per heavy atom. The largest absolute Gasteiger partial charge is 0.453 e. The third-order valence-electron chi connectivity index (χ3n) is 10.6. The number of nitrogens with one attached hydrogen (secondary N) is 3. The van der Waals surface area contributed by atoms with Crippen molar-refractivity contribution in [2.75, 3.05) is 39.1 Å². The number of rotatable bonds is 16. The molecule has 17 nitrogen and oxygen atoms in total. The molecule has 0 saturated carbocycles. The summed E-state index contributed by atoms with van der Waals surface area (Å²) in [4.78, 5) is 32.7. The molecule has 2 aliphatic carbocycles. The standard InChI is InChI=1S/C40H57N3O14S4/c1-20(2)41-24-19-52-28(18-27(24)50-5)56-35-33(45)31(43-57-29-17-25(44)36(58-7)22(4)53-29)21(3)54-38(35)55-26-13-11-9-10-12-15-40(49)23(14-16-60-61-59-8)30(26)32(34(46)37(40)47)42-39(48)51-6/h9-10,14,20-22,24-29,31,33,35-38,41,43-45,47,49H,16-19H2,1-8H3,(H,42,48)/b10-9-,23-14+/t21-,22-,24+,25+,26+,27+,28+,29+,31-,33+,35-,36-,37-,38+,40?/m1/s1. The Balaban J connectivity index is 1.54.